The third-order valence-corrected chi connectivity index (χ3v) is 4.52. The van der Waals surface area contributed by atoms with Crippen LogP contribution in [0.2, 0.25) is 0 Å². The molecule has 2 heterocycles. The summed E-state index contributed by atoms with van der Waals surface area (Å²) in [5.74, 6) is 6.69. The molecule has 2 aromatic heterocycles. The van der Waals surface area contributed by atoms with Crippen LogP contribution in [-0.2, 0) is 0 Å². The number of hydrazine groups is 1. The molecule has 1 unspecified atom stereocenters. The van der Waals surface area contributed by atoms with Crippen LogP contribution in [0.25, 0.3) is 10.2 Å². The monoisotopic (exact) mass is 283 g/mol. The molecule has 0 aliphatic rings. The lowest BCUT2D eigenvalue weighted by molar-refractivity contribution is 0.991. The van der Waals surface area contributed by atoms with E-state index in [0.29, 0.717) is 11.2 Å². The lowest BCUT2D eigenvalue weighted by atomic mass is 10.3. The second-order valence-corrected chi connectivity index (χ2v) is 6.55. The van der Waals surface area contributed by atoms with E-state index in [0.717, 1.165) is 22.6 Å². The van der Waals surface area contributed by atoms with Gasteiger partial charge < -0.3 is 5.32 Å². The van der Waals surface area contributed by atoms with Crippen molar-refractivity contribution in [3.63, 3.8) is 0 Å². The van der Waals surface area contributed by atoms with Gasteiger partial charge in [0.15, 0.2) is 0 Å². The van der Waals surface area contributed by atoms with Crippen molar-refractivity contribution in [1.82, 2.24) is 9.97 Å². The summed E-state index contributed by atoms with van der Waals surface area (Å²) in [6.07, 6.45) is 2.10. The predicted molar refractivity (Wildman–Crippen MR) is 81.4 cm³/mol. The second-order valence-electron chi connectivity index (χ2n) is 4.04. The highest BCUT2D eigenvalue weighted by Crippen LogP contribution is 2.29. The predicted octanol–water partition coefficient (Wildman–Crippen LogP) is 2.45. The molecular formula is C11H17N5S2. The number of rotatable bonds is 5. The third kappa shape index (κ3) is 2.85. The van der Waals surface area contributed by atoms with Crippen molar-refractivity contribution < 1.29 is 0 Å². The molecule has 4 N–H and O–H groups in total. The zero-order chi connectivity index (χ0) is 13.1. The maximum atomic E-state index is 5.40. The number of aromatic nitrogens is 2. The van der Waals surface area contributed by atoms with Crippen LogP contribution in [0.5, 0.6) is 0 Å². The van der Waals surface area contributed by atoms with Gasteiger partial charge in [0.1, 0.15) is 10.6 Å². The highest BCUT2D eigenvalue weighted by atomic mass is 32.2. The van der Waals surface area contributed by atoms with Crippen LogP contribution in [0.3, 0.4) is 0 Å². The topological polar surface area (TPSA) is 75.9 Å². The zero-order valence-electron chi connectivity index (χ0n) is 10.7. The Morgan fingerprint density at radius 1 is 1.50 bits per heavy atom. The first-order valence-electron chi connectivity index (χ1n) is 5.65. The van der Waals surface area contributed by atoms with Crippen molar-refractivity contribution in [3.8, 4) is 0 Å². The van der Waals surface area contributed by atoms with Crippen LogP contribution in [0.4, 0.5) is 11.8 Å². The number of nitrogens with two attached hydrogens (primary N) is 1. The number of hydrogen-bond donors (Lipinski definition) is 3. The van der Waals surface area contributed by atoms with E-state index in [4.69, 9.17) is 5.84 Å². The highest BCUT2D eigenvalue weighted by molar-refractivity contribution is 7.99. The standard InChI is InChI=1S/C11H17N5S2/c1-6-4-8-9(13-5-7(2)17-3)14-11(16-12)15-10(8)18-6/h4,7H,5,12H2,1-3H3,(H2,13,14,15,16). The summed E-state index contributed by atoms with van der Waals surface area (Å²) in [4.78, 5) is 10.9. The number of nitrogen functional groups attached to an aromatic ring is 1. The van der Waals surface area contributed by atoms with E-state index in [1.807, 2.05) is 11.8 Å². The minimum Gasteiger partial charge on any atom is -0.368 e. The number of nitrogens with one attached hydrogen (secondary N) is 2. The van der Waals surface area contributed by atoms with Gasteiger partial charge in [-0.05, 0) is 19.2 Å². The Bertz CT molecular complexity index is 539. The lowest BCUT2D eigenvalue weighted by Crippen LogP contribution is -2.16. The fraction of sp³-hybridized carbons (Fsp3) is 0.455. The molecule has 0 aromatic carbocycles. The van der Waals surface area contributed by atoms with Crippen molar-refractivity contribution in [3.05, 3.63) is 10.9 Å². The van der Waals surface area contributed by atoms with Crippen LogP contribution in [0.1, 0.15) is 11.8 Å². The van der Waals surface area contributed by atoms with E-state index in [9.17, 15) is 0 Å². The van der Waals surface area contributed by atoms with E-state index in [1.54, 1.807) is 11.3 Å². The molecule has 5 nitrogen and oxygen atoms in total. The number of hydrogen-bond acceptors (Lipinski definition) is 7. The first kappa shape index (κ1) is 13.4. The highest BCUT2D eigenvalue weighted by Gasteiger charge is 2.10. The Morgan fingerprint density at radius 2 is 2.28 bits per heavy atom. The summed E-state index contributed by atoms with van der Waals surface area (Å²) in [7, 11) is 0. The number of thiophene rings is 1. The van der Waals surface area contributed by atoms with Gasteiger partial charge in [0, 0.05) is 16.7 Å². The van der Waals surface area contributed by atoms with Gasteiger partial charge in [-0.15, -0.1) is 11.3 Å². The minimum absolute atomic E-state index is 0.448. The second kappa shape index (κ2) is 5.73. The minimum atomic E-state index is 0.448. The molecule has 0 amide bonds. The molecule has 98 valence electrons. The number of anilines is 2. The fourth-order valence-electron chi connectivity index (χ4n) is 1.56. The summed E-state index contributed by atoms with van der Waals surface area (Å²) >= 11 is 3.46. The fourth-order valence-corrected chi connectivity index (χ4v) is 2.69. The maximum absolute atomic E-state index is 5.40. The molecule has 0 saturated heterocycles. The van der Waals surface area contributed by atoms with E-state index >= 15 is 0 Å². The Balaban J connectivity index is 2.34. The van der Waals surface area contributed by atoms with Gasteiger partial charge in [-0.25, -0.2) is 10.8 Å². The molecule has 1 atom stereocenters. The van der Waals surface area contributed by atoms with E-state index in [2.05, 4.69) is 46.9 Å². The van der Waals surface area contributed by atoms with Crippen LogP contribution >= 0.6 is 23.1 Å². The number of aryl methyl sites for hydroxylation is 1. The number of thioether (sulfide) groups is 1. The summed E-state index contributed by atoms with van der Waals surface area (Å²) < 4.78 is 0. The Kier molecular flexibility index (Phi) is 4.26. The van der Waals surface area contributed by atoms with Gasteiger partial charge in [0.05, 0.1) is 5.39 Å². The SMILES string of the molecule is CSC(C)CNc1nc(NN)nc2sc(C)cc12. The van der Waals surface area contributed by atoms with Crippen molar-refractivity contribution in [2.45, 2.75) is 19.1 Å². The third-order valence-electron chi connectivity index (χ3n) is 2.60. The summed E-state index contributed by atoms with van der Waals surface area (Å²) in [6, 6.07) is 2.10. The maximum Gasteiger partial charge on any atom is 0.240 e. The van der Waals surface area contributed by atoms with Crippen molar-refractivity contribution >= 4 is 45.1 Å². The molecule has 0 bridgehead atoms. The first-order valence-corrected chi connectivity index (χ1v) is 7.76. The van der Waals surface area contributed by atoms with Crippen molar-refractivity contribution in [1.29, 1.82) is 0 Å². The quantitative estimate of drug-likeness (QED) is 0.578. The van der Waals surface area contributed by atoms with Gasteiger partial charge in [0.25, 0.3) is 0 Å². The smallest absolute Gasteiger partial charge is 0.240 e. The van der Waals surface area contributed by atoms with Crippen LogP contribution in [0, 0.1) is 6.92 Å². The Hall–Kier alpha value is -1.05. The average molecular weight is 283 g/mol. The molecule has 0 radical (unpaired) electrons. The van der Waals surface area contributed by atoms with Gasteiger partial charge in [0.2, 0.25) is 5.95 Å². The van der Waals surface area contributed by atoms with Crippen molar-refractivity contribution in [2.24, 2.45) is 5.84 Å². The number of nitrogens with zero attached hydrogens (tertiary/aromatic N) is 2. The Morgan fingerprint density at radius 3 is 2.94 bits per heavy atom. The van der Waals surface area contributed by atoms with Gasteiger partial charge in [-0.2, -0.15) is 16.7 Å². The van der Waals surface area contributed by atoms with Crippen LogP contribution in [0.15, 0.2) is 6.07 Å². The first-order chi connectivity index (χ1) is 8.63. The lowest BCUT2D eigenvalue weighted by Gasteiger charge is -2.11. The molecule has 7 heteroatoms. The van der Waals surface area contributed by atoms with E-state index in [1.165, 1.54) is 4.88 Å². The van der Waals surface area contributed by atoms with Gasteiger partial charge in [-0.3, -0.25) is 5.43 Å². The largest absolute Gasteiger partial charge is 0.368 e. The molecule has 2 aromatic rings. The molecule has 0 aliphatic carbocycles. The zero-order valence-corrected chi connectivity index (χ0v) is 12.3. The molecule has 2 rings (SSSR count). The molecule has 0 fully saturated rings. The van der Waals surface area contributed by atoms with Crippen LogP contribution in [-0.4, -0.2) is 28.0 Å². The van der Waals surface area contributed by atoms with Gasteiger partial charge >= 0.3 is 0 Å². The summed E-state index contributed by atoms with van der Waals surface area (Å²) in [5.41, 5.74) is 2.51. The average Bonchev–Trinajstić information content (AvgIpc) is 2.75. The van der Waals surface area contributed by atoms with Crippen LogP contribution < -0.4 is 16.6 Å². The molecule has 0 spiro atoms. The van der Waals surface area contributed by atoms with Gasteiger partial charge in [-0.1, -0.05) is 6.92 Å². The molecule has 0 saturated carbocycles. The molecule has 18 heavy (non-hydrogen) atoms. The molecule has 0 aliphatic heterocycles. The summed E-state index contributed by atoms with van der Waals surface area (Å²) in [5, 5.41) is 4.96. The van der Waals surface area contributed by atoms with E-state index in [-0.39, 0.29) is 0 Å². The summed E-state index contributed by atoms with van der Waals surface area (Å²) in [6.45, 7) is 5.11. The molecular weight excluding hydrogens is 266 g/mol. The Labute approximate surface area is 115 Å². The number of fused-ring (bicyclic) bond motifs is 1. The van der Waals surface area contributed by atoms with Crippen molar-refractivity contribution in [2.75, 3.05) is 23.5 Å². The normalized spacial score (nSPS) is 12.7. The van der Waals surface area contributed by atoms with E-state index < -0.39 is 0 Å².